The lowest BCUT2D eigenvalue weighted by Gasteiger charge is -2.21. The number of amides is 2. The van der Waals surface area contributed by atoms with Gasteiger partial charge in [-0.2, -0.15) is 0 Å². The molecule has 2 aliphatic rings. The average Bonchev–Trinajstić information content (AvgIpc) is 3.21. The second-order valence-corrected chi connectivity index (χ2v) is 6.03. The Morgan fingerprint density at radius 2 is 1.91 bits per heavy atom. The zero-order valence-corrected chi connectivity index (χ0v) is 13.5. The van der Waals surface area contributed by atoms with Crippen LogP contribution in [0.2, 0.25) is 0 Å². The molecule has 2 atom stereocenters. The zero-order chi connectivity index (χ0) is 16.4. The summed E-state index contributed by atoms with van der Waals surface area (Å²) in [6.07, 6.45) is 1.26. The Kier molecular flexibility index (Phi) is 4.52. The van der Waals surface area contributed by atoms with Crippen LogP contribution >= 0.6 is 0 Å². The molecule has 23 heavy (non-hydrogen) atoms. The van der Waals surface area contributed by atoms with E-state index in [9.17, 15) is 9.59 Å². The predicted octanol–water partition coefficient (Wildman–Crippen LogP) is 1.30. The molecule has 2 unspecified atom stereocenters. The van der Waals surface area contributed by atoms with Crippen molar-refractivity contribution < 1.29 is 19.1 Å². The summed E-state index contributed by atoms with van der Waals surface area (Å²) in [7, 11) is 3.27. The molecule has 2 amide bonds. The lowest BCUT2D eigenvalue weighted by molar-refractivity contribution is -0.135. The second-order valence-electron chi connectivity index (χ2n) is 6.03. The predicted molar refractivity (Wildman–Crippen MR) is 85.4 cm³/mol. The van der Waals surface area contributed by atoms with E-state index in [1.807, 2.05) is 29.2 Å². The topological polar surface area (TPSA) is 59.1 Å². The number of rotatable bonds is 4. The molecule has 1 aromatic rings. The first-order chi connectivity index (χ1) is 11.1. The normalized spacial score (nSPS) is 24.3. The van der Waals surface area contributed by atoms with Gasteiger partial charge in [0.2, 0.25) is 11.8 Å². The number of methoxy groups -OCH3 is 2. The van der Waals surface area contributed by atoms with Crippen molar-refractivity contribution in [1.29, 1.82) is 0 Å². The second kappa shape index (κ2) is 6.58. The first-order valence-corrected chi connectivity index (χ1v) is 7.88. The Morgan fingerprint density at radius 1 is 1.17 bits per heavy atom. The van der Waals surface area contributed by atoms with E-state index in [0.717, 1.165) is 17.9 Å². The summed E-state index contributed by atoms with van der Waals surface area (Å²) < 4.78 is 10.4. The van der Waals surface area contributed by atoms with Gasteiger partial charge in [-0.1, -0.05) is 0 Å². The van der Waals surface area contributed by atoms with Crippen molar-refractivity contribution in [1.82, 2.24) is 4.90 Å². The maximum absolute atomic E-state index is 12.6. The van der Waals surface area contributed by atoms with E-state index in [2.05, 4.69) is 0 Å². The molecule has 124 valence electrons. The first kappa shape index (κ1) is 15.8. The Balaban J connectivity index is 1.66. The molecule has 0 aliphatic carbocycles. The number of likely N-dealkylation sites (tertiary alicyclic amines) is 1. The molecule has 6 heteroatoms. The van der Waals surface area contributed by atoms with Crippen molar-refractivity contribution in [3.63, 3.8) is 0 Å². The fourth-order valence-electron chi connectivity index (χ4n) is 3.26. The number of anilines is 1. The van der Waals surface area contributed by atoms with Crippen molar-refractivity contribution in [2.45, 2.75) is 18.9 Å². The molecule has 0 aromatic heterocycles. The van der Waals surface area contributed by atoms with Gasteiger partial charge in [-0.05, 0) is 30.7 Å². The molecule has 2 fully saturated rings. The average molecular weight is 318 g/mol. The molecular formula is C17H22N2O4. The van der Waals surface area contributed by atoms with Gasteiger partial charge >= 0.3 is 0 Å². The Labute approximate surface area is 136 Å². The van der Waals surface area contributed by atoms with Crippen LogP contribution < -0.4 is 9.64 Å². The van der Waals surface area contributed by atoms with Crippen molar-refractivity contribution in [3.8, 4) is 5.75 Å². The molecule has 2 aliphatic heterocycles. The van der Waals surface area contributed by atoms with Crippen LogP contribution in [0.5, 0.6) is 5.75 Å². The minimum atomic E-state index is -0.264. The summed E-state index contributed by atoms with van der Waals surface area (Å²) in [5.74, 6) is 0.542. The lowest BCUT2D eigenvalue weighted by atomic mass is 10.1. The highest BCUT2D eigenvalue weighted by Crippen LogP contribution is 2.28. The molecule has 0 saturated carbocycles. The monoisotopic (exact) mass is 318 g/mol. The molecular weight excluding hydrogens is 296 g/mol. The summed E-state index contributed by atoms with van der Waals surface area (Å²) in [4.78, 5) is 28.4. The van der Waals surface area contributed by atoms with Gasteiger partial charge < -0.3 is 19.3 Å². The highest BCUT2D eigenvalue weighted by molar-refractivity contribution is 6.00. The van der Waals surface area contributed by atoms with Crippen molar-refractivity contribution >= 4 is 17.5 Å². The minimum absolute atomic E-state index is 0.00370. The maximum Gasteiger partial charge on any atom is 0.228 e. The lowest BCUT2D eigenvalue weighted by Crippen LogP contribution is -2.36. The number of carbonyl (C=O) groups is 2. The summed E-state index contributed by atoms with van der Waals surface area (Å²) in [5.41, 5.74) is 0.808. The van der Waals surface area contributed by atoms with Crippen molar-refractivity contribution in [3.05, 3.63) is 24.3 Å². The molecule has 2 heterocycles. The Hall–Kier alpha value is -2.08. The van der Waals surface area contributed by atoms with Gasteiger partial charge in [-0.15, -0.1) is 0 Å². The van der Waals surface area contributed by atoms with Crippen LogP contribution in [-0.2, 0) is 14.3 Å². The van der Waals surface area contributed by atoms with E-state index in [1.165, 1.54) is 0 Å². The Bertz CT molecular complexity index is 587. The highest BCUT2D eigenvalue weighted by Gasteiger charge is 2.39. The molecule has 2 saturated heterocycles. The van der Waals surface area contributed by atoms with E-state index >= 15 is 0 Å². The van der Waals surface area contributed by atoms with Crippen molar-refractivity contribution in [2.75, 3.05) is 38.8 Å². The minimum Gasteiger partial charge on any atom is -0.497 e. The largest absolute Gasteiger partial charge is 0.497 e. The van der Waals surface area contributed by atoms with Crippen molar-refractivity contribution in [2.24, 2.45) is 5.92 Å². The molecule has 0 bridgehead atoms. The van der Waals surface area contributed by atoms with E-state index in [0.29, 0.717) is 19.6 Å². The summed E-state index contributed by atoms with van der Waals surface area (Å²) in [6.45, 7) is 1.78. The molecule has 1 aromatic carbocycles. The summed E-state index contributed by atoms with van der Waals surface area (Å²) in [5, 5.41) is 0. The molecule has 3 rings (SSSR count). The van der Waals surface area contributed by atoms with Crippen LogP contribution in [0, 0.1) is 5.92 Å². The number of benzene rings is 1. The number of nitrogens with zero attached hydrogens (tertiary/aromatic N) is 2. The zero-order valence-electron chi connectivity index (χ0n) is 13.5. The third kappa shape index (κ3) is 3.17. The molecule has 0 radical (unpaired) electrons. The van der Waals surface area contributed by atoms with Gasteiger partial charge in [0.05, 0.1) is 19.1 Å². The van der Waals surface area contributed by atoms with Crippen LogP contribution in [0.3, 0.4) is 0 Å². The quantitative estimate of drug-likeness (QED) is 0.839. The number of carbonyl (C=O) groups excluding carboxylic acids is 2. The molecule has 0 spiro atoms. The van der Waals surface area contributed by atoms with Crippen LogP contribution in [0.1, 0.15) is 12.8 Å². The number of hydrogen-bond donors (Lipinski definition) is 0. The molecule has 0 N–H and O–H groups in total. The summed E-state index contributed by atoms with van der Waals surface area (Å²) >= 11 is 0. The molecule has 6 nitrogen and oxygen atoms in total. The standard InChI is InChI=1S/C17H22N2O4/c1-22-14-5-3-13(4-6-14)19-10-12(9-16(19)20)17(21)18-8-7-15(11-18)23-2/h3-6,12,15H,7-11H2,1-2H3. The van der Waals surface area contributed by atoms with Gasteiger partial charge in [-0.3, -0.25) is 9.59 Å². The van der Waals surface area contributed by atoms with Gasteiger partial charge in [-0.25, -0.2) is 0 Å². The van der Waals surface area contributed by atoms with Gasteiger partial charge in [0.1, 0.15) is 5.75 Å². The van der Waals surface area contributed by atoms with Crippen LogP contribution in [-0.4, -0.2) is 56.7 Å². The number of ether oxygens (including phenoxy) is 2. The van der Waals surface area contributed by atoms with Crippen LogP contribution in [0.15, 0.2) is 24.3 Å². The maximum atomic E-state index is 12.6. The van der Waals surface area contributed by atoms with E-state index in [1.54, 1.807) is 19.1 Å². The van der Waals surface area contributed by atoms with Crippen LogP contribution in [0.25, 0.3) is 0 Å². The first-order valence-electron chi connectivity index (χ1n) is 7.88. The van der Waals surface area contributed by atoms with Crippen LogP contribution in [0.4, 0.5) is 5.69 Å². The third-order valence-corrected chi connectivity index (χ3v) is 4.65. The van der Waals surface area contributed by atoms with E-state index < -0.39 is 0 Å². The smallest absolute Gasteiger partial charge is 0.228 e. The third-order valence-electron chi connectivity index (χ3n) is 4.65. The van der Waals surface area contributed by atoms with Gasteiger partial charge in [0.15, 0.2) is 0 Å². The Morgan fingerprint density at radius 3 is 2.52 bits per heavy atom. The van der Waals surface area contributed by atoms with Gasteiger partial charge in [0, 0.05) is 38.9 Å². The SMILES string of the molecule is COc1ccc(N2CC(C(=O)N3CCC(OC)C3)CC2=O)cc1. The number of hydrogen-bond acceptors (Lipinski definition) is 4. The van der Waals surface area contributed by atoms with Gasteiger partial charge in [0.25, 0.3) is 0 Å². The fourth-order valence-corrected chi connectivity index (χ4v) is 3.26. The fraction of sp³-hybridized carbons (Fsp3) is 0.529. The summed E-state index contributed by atoms with van der Waals surface area (Å²) in [6, 6.07) is 7.34. The van der Waals surface area contributed by atoms with E-state index in [-0.39, 0.29) is 30.3 Å². The van der Waals surface area contributed by atoms with E-state index in [4.69, 9.17) is 9.47 Å². The highest BCUT2D eigenvalue weighted by atomic mass is 16.5.